The third kappa shape index (κ3) is 5.90. The maximum Gasteiger partial charge on any atom is 0.470 e. The maximum atomic E-state index is 12.8. The van der Waals surface area contributed by atoms with Crippen LogP contribution in [0.5, 0.6) is 0 Å². The van der Waals surface area contributed by atoms with Crippen LogP contribution in [0.3, 0.4) is 0 Å². The number of hydrogen-bond acceptors (Lipinski definition) is 8. The summed E-state index contributed by atoms with van der Waals surface area (Å²) < 4.78 is 38.3. The summed E-state index contributed by atoms with van der Waals surface area (Å²) in [5.41, 5.74) is 5.07. The monoisotopic (exact) mass is 477 g/mol. The molecule has 3 rings (SSSR count). The van der Waals surface area contributed by atoms with Crippen molar-refractivity contribution < 1.29 is 32.5 Å². The van der Waals surface area contributed by atoms with Gasteiger partial charge in [-0.05, 0) is 24.1 Å². The number of hydrogen-bond donors (Lipinski definition) is 2. The zero-order valence-electron chi connectivity index (χ0n) is 18.5. The fourth-order valence-electron chi connectivity index (χ4n) is 3.04. The summed E-state index contributed by atoms with van der Waals surface area (Å²) in [5.74, 6) is -1.75. The van der Waals surface area contributed by atoms with E-state index in [2.05, 4.69) is 30.9 Å². The van der Waals surface area contributed by atoms with E-state index in [1.165, 1.54) is 14.2 Å². The number of carbonyl (C=O) groups is 1. The molecule has 0 radical (unpaired) electrons. The molecule has 0 saturated heterocycles. The number of rotatable bonds is 8. The van der Waals surface area contributed by atoms with Crippen molar-refractivity contribution in [1.82, 2.24) is 10.8 Å². The molecule has 1 heterocycles. The number of oxime groups is 2. The van der Waals surface area contributed by atoms with Crippen molar-refractivity contribution in [3.8, 4) is 0 Å². The van der Waals surface area contributed by atoms with Gasteiger partial charge in [0.1, 0.15) is 13.7 Å². The molecule has 0 bridgehead atoms. The van der Waals surface area contributed by atoms with Crippen molar-refractivity contribution in [2.75, 3.05) is 14.2 Å². The van der Waals surface area contributed by atoms with Crippen LogP contribution in [-0.2, 0) is 25.9 Å². The normalized spacial score (nSPS) is 16.5. The van der Waals surface area contributed by atoms with E-state index in [4.69, 9.17) is 9.68 Å². The van der Waals surface area contributed by atoms with Gasteiger partial charge in [0.05, 0.1) is 5.71 Å². The Hall–Kier alpha value is -3.93. The van der Waals surface area contributed by atoms with Crippen LogP contribution in [0.1, 0.15) is 35.3 Å². The molecule has 0 aliphatic carbocycles. The van der Waals surface area contributed by atoms with Gasteiger partial charge >= 0.3 is 12.1 Å². The van der Waals surface area contributed by atoms with Crippen LogP contribution in [0.25, 0.3) is 0 Å². The average molecular weight is 477 g/mol. The number of aliphatic imine (C=N–C) groups is 1. The Morgan fingerprint density at radius 2 is 1.97 bits per heavy atom. The van der Waals surface area contributed by atoms with Gasteiger partial charge in [0, 0.05) is 18.2 Å². The van der Waals surface area contributed by atoms with Gasteiger partial charge in [0.25, 0.3) is 5.91 Å². The lowest BCUT2D eigenvalue weighted by Crippen LogP contribution is -2.29. The number of halogens is 3. The summed E-state index contributed by atoms with van der Waals surface area (Å²) in [5, 5.41) is 10.4. The molecule has 2 aromatic carbocycles. The first-order valence-corrected chi connectivity index (χ1v) is 10.0. The number of alkyl halides is 3. The van der Waals surface area contributed by atoms with E-state index in [0.717, 1.165) is 0 Å². The molecule has 180 valence electrons. The molecule has 2 N–H and O–H groups in total. The van der Waals surface area contributed by atoms with E-state index in [-0.39, 0.29) is 12.3 Å². The molecule has 1 atom stereocenters. The minimum Gasteiger partial charge on any atom is -0.398 e. The van der Waals surface area contributed by atoms with E-state index in [0.29, 0.717) is 28.0 Å². The molecule has 34 heavy (non-hydrogen) atoms. The number of benzene rings is 2. The van der Waals surface area contributed by atoms with Gasteiger partial charge in [-0.3, -0.25) is 4.79 Å². The second-order valence-corrected chi connectivity index (χ2v) is 6.99. The Balaban J connectivity index is 1.74. The number of amides is 1. The number of hydroxylamine groups is 1. The smallest absolute Gasteiger partial charge is 0.398 e. The van der Waals surface area contributed by atoms with Gasteiger partial charge in [0.15, 0.2) is 11.9 Å². The molecule has 1 unspecified atom stereocenters. The largest absolute Gasteiger partial charge is 0.470 e. The van der Waals surface area contributed by atoms with Crippen LogP contribution in [0.2, 0.25) is 0 Å². The molecule has 12 heteroatoms. The maximum absolute atomic E-state index is 12.8. The van der Waals surface area contributed by atoms with Crippen LogP contribution >= 0.6 is 0 Å². The van der Waals surface area contributed by atoms with Crippen molar-refractivity contribution in [2.24, 2.45) is 15.3 Å². The Bertz CT molecular complexity index is 1130. The second-order valence-electron chi connectivity index (χ2n) is 6.99. The lowest BCUT2D eigenvalue weighted by Gasteiger charge is -2.11. The fraction of sp³-hybridized carbons (Fsp3) is 0.273. The summed E-state index contributed by atoms with van der Waals surface area (Å²) in [7, 11) is 2.82. The first-order valence-electron chi connectivity index (χ1n) is 10.0. The molecule has 0 aromatic heterocycles. The Labute approximate surface area is 193 Å². The Morgan fingerprint density at radius 3 is 2.65 bits per heavy atom. The Morgan fingerprint density at radius 1 is 1.21 bits per heavy atom. The highest BCUT2D eigenvalue weighted by molar-refractivity contribution is 6.45. The van der Waals surface area contributed by atoms with Crippen LogP contribution < -0.4 is 10.8 Å². The fourth-order valence-corrected chi connectivity index (χ4v) is 3.04. The molecule has 9 nitrogen and oxygen atoms in total. The van der Waals surface area contributed by atoms with Crippen molar-refractivity contribution in [3.63, 3.8) is 0 Å². The van der Waals surface area contributed by atoms with Crippen molar-refractivity contribution in [2.45, 2.75) is 25.9 Å². The third-order valence-electron chi connectivity index (χ3n) is 4.69. The first kappa shape index (κ1) is 24.7. The summed E-state index contributed by atoms with van der Waals surface area (Å²) in [6.07, 6.45) is -5.67. The molecule has 1 aliphatic rings. The molecule has 1 aliphatic heterocycles. The van der Waals surface area contributed by atoms with Crippen LogP contribution in [0, 0.1) is 0 Å². The van der Waals surface area contributed by atoms with Crippen LogP contribution in [0.4, 0.5) is 13.2 Å². The first-order chi connectivity index (χ1) is 16.2. The number of nitrogens with zero attached hydrogens (tertiary/aromatic N) is 3. The van der Waals surface area contributed by atoms with Gasteiger partial charge in [-0.2, -0.15) is 13.2 Å². The number of carbonyl (C=O) groups excluding carboxylic acids is 1. The molecular formula is C22H22F3N5O4. The van der Waals surface area contributed by atoms with Gasteiger partial charge in [-0.15, -0.1) is 5.48 Å². The topological polar surface area (TPSA) is 106 Å². The lowest BCUT2D eigenvalue weighted by molar-refractivity contribution is -0.114. The van der Waals surface area contributed by atoms with Crippen molar-refractivity contribution >= 4 is 23.2 Å². The van der Waals surface area contributed by atoms with Gasteiger partial charge < -0.3 is 19.8 Å². The lowest BCUT2D eigenvalue weighted by atomic mass is 10.0. The zero-order valence-corrected chi connectivity index (χ0v) is 18.5. The number of likely N-dealkylation sites (N-methyl/N-ethyl adjacent to an activating group) is 1. The highest BCUT2D eigenvalue weighted by Gasteiger charge is 2.42. The Kier molecular flexibility index (Phi) is 7.84. The SMILES string of the molecule is CNC(=O)/C(=N/OC)c1ccccc1CO/N=C(\C)c1cccc(C2N=C(C(F)(F)F)ON2)c1. The summed E-state index contributed by atoms with van der Waals surface area (Å²) in [4.78, 5) is 30.4. The zero-order chi connectivity index (χ0) is 24.7. The molecule has 0 fully saturated rings. The quantitative estimate of drug-likeness (QED) is 0.449. The average Bonchev–Trinajstić information content (AvgIpc) is 3.34. The van der Waals surface area contributed by atoms with Crippen molar-refractivity contribution in [3.05, 3.63) is 70.8 Å². The summed E-state index contributed by atoms with van der Waals surface area (Å²) >= 11 is 0. The standard InChI is InChI=1S/C22H22F3N5O4/c1-13(14-8-6-9-15(11-14)19-27-21(34-30-19)22(23,24)25)28-33-12-16-7-4-5-10-17(16)18(29-32-3)20(31)26-2/h4-11,19,30H,12H2,1-3H3,(H,26,31)/b28-13+,29-18+. The van der Waals surface area contributed by atoms with E-state index in [1.807, 2.05) is 0 Å². The number of nitrogens with one attached hydrogen (secondary N) is 2. The highest BCUT2D eigenvalue weighted by atomic mass is 19.4. The highest BCUT2D eigenvalue weighted by Crippen LogP contribution is 2.27. The van der Waals surface area contributed by atoms with E-state index in [1.54, 1.807) is 55.5 Å². The molecular weight excluding hydrogens is 455 g/mol. The third-order valence-corrected chi connectivity index (χ3v) is 4.69. The van der Waals surface area contributed by atoms with Gasteiger partial charge in [0.2, 0.25) is 0 Å². The second kappa shape index (κ2) is 10.8. The minimum absolute atomic E-state index is 0.0319. The van der Waals surface area contributed by atoms with E-state index in [9.17, 15) is 18.0 Å². The van der Waals surface area contributed by atoms with Gasteiger partial charge in [-0.25, -0.2) is 4.99 Å². The van der Waals surface area contributed by atoms with E-state index >= 15 is 0 Å². The predicted molar refractivity (Wildman–Crippen MR) is 118 cm³/mol. The van der Waals surface area contributed by atoms with Crippen LogP contribution in [-0.4, -0.2) is 43.6 Å². The van der Waals surface area contributed by atoms with Gasteiger partial charge in [-0.1, -0.05) is 52.8 Å². The summed E-state index contributed by atoms with van der Waals surface area (Å²) in [6, 6.07) is 13.7. The van der Waals surface area contributed by atoms with Crippen LogP contribution in [0.15, 0.2) is 63.8 Å². The minimum atomic E-state index is -4.67. The van der Waals surface area contributed by atoms with E-state index < -0.39 is 24.1 Å². The molecule has 1 amide bonds. The molecule has 0 saturated carbocycles. The summed E-state index contributed by atoms with van der Waals surface area (Å²) in [6.45, 7) is 1.72. The van der Waals surface area contributed by atoms with Crippen molar-refractivity contribution in [1.29, 1.82) is 0 Å². The molecule has 2 aromatic rings. The predicted octanol–water partition coefficient (Wildman–Crippen LogP) is 3.22. The molecule has 0 spiro atoms.